The van der Waals surface area contributed by atoms with Gasteiger partial charge in [0.25, 0.3) is 5.91 Å². The van der Waals surface area contributed by atoms with Crippen LogP contribution in [0, 0.1) is 11.8 Å². The predicted octanol–water partition coefficient (Wildman–Crippen LogP) is 2.95. The number of carbonyl (C=O) groups excluding carboxylic acids is 3. The van der Waals surface area contributed by atoms with Crippen LogP contribution in [-0.2, 0) is 28.9 Å². The maximum Gasteiger partial charge on any atom is 0.416 e. The number of benzene rings is 1. The number of fused-ring (bicyclic) bond motifs is 1. The Hall–Kier alpha value is -2.58. The van der Waals surface area contributed by atoms with Crippen molar-refractivity contribution in [3.8, 4) is 0 Å². The summed E-state index contributed by atoms with van der Waals surface area (Å²) in [5, 5.41) is 5.02. The Labute approximate surface area is 165 Å². The molecule has 3 aliphatic rings. The van der Waals surface area contributed by atoms with Crippen LogP contribution in [0.3, 0.4) is 0 Å². The molecule has 29 heavy (non-hydrogen) atoms. The highest BCUT2D eigenvalue weighted by atomic mass is 19.4. The number of carbonyl (C=O) groups is 3. The fourth-order valence-corrected chi connectivity index (χ4v) is 4.46. The van der Waals surface area contributed by atoms with Crippen LogP contribution < -0.4 is 10.6 Å². The van der Waals surface area contributed by atoms with E-state index < -0.39 is 35.1 Å². The molecule has 6 nitrogen and oxygen atoms in total. The molecular weight excluding hydrogens is 387 g/mol. The van der Waals surface area contributed by atoms with Crippen LogP contribution in [0.25, 0.3) is 0 Å². The van der Waals surface area contributed by atoms with E-state index in [1.165, 1.54) is 11.0 Å². The van der Waals surface area contributed by atoms with Crippen molar-refractivity contribution in [3.05, 3.63) is 34.9 Å². The van der Waals surface area contributed by atoms with Gasteiger partial charge < -0.3 is 10.2 Å². The second-order valence-electron chi connectivity index (χ2n) is 8.14. The van der Waals surface area contributed by atoms with Crippen LogP contribution in [0.5, 0.6) is 0 Å². The molecule has 1 unspecified atom stereocenters. The zero-order chi connectivity index (χ0) is 21.0. The van der Waals surface area contributed by atoms with Crippen molar-refractivity contribution < 1.29 is 27.6 Å². The first-order chi connectivity index (χ1) is 13.6. The van der Waals surface area contributed by atoms with Crippen molar-refractivity contribution in [1.82, 2.24) is 15.5 Å². The average molecular weight is 409 g/mol. The van der Waals surface area contributed by atoms with E-state index in [0.717, 1.165) is 25.0 Å². The molecule has 2 aliphatic heterocycles. The minimum atomic E-state index is -4.43. The SMILES string of the molecule is CCC(C[C@]1(C2CC2)NC(=O)NC1=O)C(=O)N1Cc2ccc(C(F)(F)F)cc2C1. The zero-order valence-electron chi connectivity index (χ0n) is 15.9. The monoisotopic (exact) mass is 409 g/mol. The van der Waals surface area contributed by atoms with Crippen molar-refractivity contribution in [2.75, 3.05) is 0 Å². The first-order valence-electron chi connectivity index (χ1n) is 9.75. The van der Waals surface area contributed by atoms with Crippen molar-refractivity contribution in [1.29, 1.82) is 0 Å². The summed E-state index contributed by atoms with van der Waals surface area (Å²) in [5.41, 5.74) is -0.601. The van der Waals surface area contributed by atoms with E-state index in [1.54, 1.807) is 0 Å². The summed E-state index contributed by atoms with van der Waals surface area (Å²) in [7, 11) is 0. The molecule has 1 saturated heterocycles. The lowest BCUT2D eigenvalue weighted by Crippen LogP contribution is -2.52. The first kappa shape index (κ1) is 19.7. The molecule has 2 N–H and O–H groups in total. The number of nitrogens with one attached hydrogen (secondary N) is 2. The molecule has 4 rings (SSSR count). The number of hydrogen-bond donors (Lipinski definition) is 2. The summed E-state index contributed by atoms with van der Waals surface area (Å²) in [6, 6.07) is 3.00. The Kier molecular flexibility index (Phi) is 4.59. The Bertz CT molecular complexity index is 881. The minimum absolute atomic E-state index is 0.0147. The Balaban J connectivity index is 1.51. The topological polar surface area (TPSA) is 78.5 Å². The maximum absolute atomic E-state index is 13.1. The van der Waals surface area contributed by atoms with Crippen LogP contribution in [0.4, 0.5) is 18.0 Å². The van der Waals surface area contributed by atoms with Crippen molar-refractivity contribution >= 4 is 17.8 Å². The molecule has 1 aromatic carbocycles. The van der Waals surface area contributed by atoms with Gasteiger partial charge in [0.05, 0.1) is 5.56 Å². The fraction of sp³-hybridized carbons (Fsp3) is 0.550. The Morgan fingerprint density at radius 2 is 1.93 bits per heavy atom. The summed E-state index contributed by atoms with van der Waals surface area (Å²) in [5.74, 6) is -1.08. The molecule has 4 amide bonds. The third-order valence-electron chi connectivity index (χ3n) is 6.22. The Morgan fingerprint density at radius 1 is 1.24 bits per heavy atom. The van der Waals surface area contributed by atoms with Gasteiger partial charge in [0.15, 0.2) is 0 Å². The van der Waals surface area contributed by atoms with E-state index in [-0.39, 0.29) is 31.3 Å². The molecule has 9 heteroatoms. The molecule has 0 aromatic heterocycles. The zero-order valence-corrected chi connectivity index (χ0v) is 15.9. The Morgan fingerprint density at radius 3 is 2.48 bits per heavy atom. The van der Waals surface area contributed by atoms with E-state index in [2.05, 4.69) is 10.6 Å². The summed E-state index contributed by atoms with van der Waals surface area (Å²) >= 11 is 0. The minimum Gasteiger partial charge on any atom is -0.334 e. The molecule has 0 spiro atoms. The molecule has 2 fully saturated rings. The van der Waals surface area contributed by atoms with E-state index in [1.807, 2.05) is 6.92 Å². The second-order valence-corrected chi connectivity index (χ2v) is 8.14. The average Bonchev–Trinajstić information content (AvgIpc) is 3.35. The van der Waals surface area contributed by atoms with Gasteiger partial charge in [-0.3, -0.25) is 14.9 Å². The second kappa shape index (κ2) is 6.74. The molecule has 1 aliphatic carbocycles. The summed E-state index contributed by atoms with van der Waals surface area (Å²) in [4.78, 5) is 38.9. The number of amides is 4. The number of nitrogens with zero attached hydrogens (tertiary/aromatic N) is 1. The smallest absolute Gasteiger partial charge is 0.334 e. The van der Waals surface area contributed by atoms with Gasteiger partial charge in [-0.2, -0.15) is 13.2 Å². The largest absolute Gasteiger partial charge is 0.416 e. The van der Waals surface area contributed by atoms with Gasteiger partial charge in [-0.15, -0.1) is 0 Å². The lowest BCUT2D eigenvalue weighted by atomic mass is 9.81. The van der Waals surface area contributed by atoms with E-state index in [9.17, 15) is 27.6 Å². The van der Waals surface area contributed by atoms with Crippen LogP contribution >= 0.6 is 0 Å². The molecular formula is C20H22F3N3O3. The first-order valence-corrected chi connectivity index (χ1v) is 9.75. The number of halogens is 3. The molecule has 156 valence electrons. The lowest BCUT2D eigenvalue weighted by molar-refractivity contribution is -0.138. The summed E-state index contributed by atoms with van der Waals surface area (Å²) in [6.07, 6.45) is -2.13. The molecule has 1 aromatic rings. The third-order valence-corrected chi connectivity index (χ3v) is 6.22. The molecule has 0 bridgehead atoms. The van der Waals surface area contributed by atoms with Crippen LogP contribution in [0.2, 0.25) is 0 Å². The maximum atomic E-state index is 13.1. The quantitative estimate of drug-likeness (QED) is 0.734. The van der Waals surface area contributed by atoms with E-state index >= 15 is 0 Å². The fourth-order valence-electron chi connectivity index (χ4n) is 4.46. The molecule has 0 radical (unpaired) electrons. The van der Waals surface area contributed by atoms with Crippen LogP contribution in [0.15, 0.2) is 18.2 Å². The van der Waals surface area contributed by atoms with Gasteiger partial charge in [-0.25, -0.2) is 4.79 Å². The van der Waals surface area contributed by atoms with Gasteiger partial charge in [0.2, 0.25) is 5.91 Å². The van der Waals surface area contributed by atoms with Crippen molar-refractivity contribution in [2.24, 2.45) is 11.8 Å². The van der Waals surface area contributed by atoms with Gasteiger partial charge in [0, 0.05) is 19.0 Å². The lowest BCUT2D eigenvalue weighted by Gasteiger charge is -2.31. The van der Waals surface area contributed by atoms with Crippen molar-refractivity contribution in [2.45, 2.75) is 57.4 Å². The van der Waals surface area contributed by atoms with E-state index in [4.69, 9.17) is 0 Å². The highest BCUT2D eigenvalue weighted by molar-refractivity contribution is 6.07. The normalized spacial score (nSPS) is 24.9. The number of alkyl halides is 3. The number of imide groups is 1. The van der Waals surface area contributed by atoms with E-state index in [0.29, 0.717) is 17.5 Å². The molecule has 2 atom stereocenters. The van der Waals surface area contributed by atoms with Gasteiger partial charge >= 0.3 is 12.2 Å². The third kappa shape index (κ3) is 3.47. The van der Waals surface area contributed by atoms with Gasteiger partial charge in [0.1, 0.15) is 5.54 Å². The molecule has 1 saturated carbocycles. The number of rotatable bonds is 5. The van der Waals surface area contributed by atoms with Gasteiger partial charge in [-0.1, -0.05) is 13.0 Å². The highest BCUT2D eigenvalue weighted by Gasteiger charge is 2.57. The van der Waals surface area contributed by atoms with Crippen LogP contribution in [-0.4, -0.2) is 28.3 Å². The van der Waals surface area contributed by atoms with Crippen molar-refractivity contribution in [3.63, 3.8) is 0 Å². The summed E-state index contributed by atoms with van der Waals surface area (Å²) < 4.78 is 38.9. The van der Waals surface area contributed by atoms with Crippen LogP contribution in [0.1, 0.15) is 49.3 Å². The standard InChI is InChI=1S/C20H22F3N3O3/c1-2-11(8-19(14-5-6-14)17(28)24-18(29)25-19)16(27)26-9-12-3-4-15(20(21,22)23)7-13(12)10-26/h3-4,7,11,14H,2,5-6,8-10H2,1H3,(H2,24,25,28,29)/t11?,19-/m1/s1. The van der Waals surface area contributed by atoms with Gasteiger partial charge in [-0.05, 0) is 54.9 Å². The predicted molar refractivity (Wildman–Crippen MR) is 96.2 cm³/mol. The summed E-state index contributed by atoms with van der Waals surface area (Å²) in [6.45, 7) is 2.20. The number of hydrogen-bond acceptors (Lipinski definition) is 3. The molecule has 2 heterocycles. The number of urea groups is 1. The highest BCUT2D eigenvalue weighted by Crippen LogP contribution is 2.45.